The van der Waals surface area contributed by atoms with Crippen LogP contribution >= 0.6 is 0 Å². The van der Waals surface area contributed by atoms with Gasteiger partial charge < -0.3 is 10.2 Å². The minimum absolute atomic E-state index is 0.156. The maximum Gasteiger partial charge on any atom is 0.317 e. The second-order valence-corrected chi connectivity index (χ2v) is 5.43. The van der Waals surface area contributed by atoms with Gasteiger partial charge in [0.05, 0.1) is 0 Å². The molecule has 2 rings (SSSR count). The first-order valence-corrected chi connectivity index (χ1v) is 6.15. The second-order valence-electron chi connectivity index (χ2n) is 5.43. The lowest BCUT2D eigenvalue weighted by atomic mass is 9.86. The molecule has 2 amide bonds. The van der Waals surface area contributed by atoms with Gasteiger partial charge in [-0.3, -0.25) is 0 Å². The molecule has 0 radical (unpaired) electrons. The maximum atomic E-state index is 12.0. The van der Waals surface area contributed by atoms with Crippen LogP contribution in [-0.4, -0.2) is 29.6 Å². The number of likely N-dealkylation sites (tertiary alicyclic amines) is 1. The summed E-state index contributed by atoms with van der Waals surface area (Å²) in [6.07, 6.45) is 3.58. The highest BCUT2D eigenvalue weighted by atomic mass is 16.2. The van der Waals surface area contributed by atoms with Gasteiger partial charge in [0.2, 0.25) is 0 Å². The molecule has 1 heterocycles. The smallest absolute Gasteiger partial charge is 0.317 e. The van der Waals surface area contributed by atoms with Gasteiger partial charge in [0.15, 0.2) is 0 Å². The van der Waals surface area contributed by atoms with E-state index >= 15 is 0 Å². The summed E-state index contributed by atoms with van der Waals surface area (Å²) >= 11 is 0. The first-order chi connectivity index (χ1) is 7.08. The van der Waals surface area contributed by atoms with E-state index < -0.39 is 0 Å². The Balaban J connectivity index is 1.95. The van der Waals surface area contributed by atoms with Crippen molar-refractivity contribution in [3.8, 4) is 0 Å². The van der Waals surface area contributed by atoms with E-state index in [1.54, 1.807) is 0 Å². The molecule has 1 aliphatic heterocycles. The Morgan fingerprint density at radius 2 is 1.93 bits per heavy atom. The van der Waals surface area contributed by atoms with Gasteiger partial charge in [0, 0.05) is 18.6 Å². The highest BCUT2D eigenvalue weighted by molar-refractivity contribution is 5.75. The molecule has 2 fully saturated rings. The number of carbonyl (C=O) groups excluding carboxylic acids is 1. The topological polar surface area (TPSA) is 32.3 Å². The minimum atomic E-state index is 0.156. The quantitative estimate of drug-likeness (QED) is 0.707. The van der Waals surface area contributed by atoms with Crippen molar-refractivity contribution in [1.29, 1.82) is 0 Å². The lowest BCUT2D eigenvalue weighted by Gasteiger charge is -2.41. The third kappa shape index (κ3) is 2.44. The molecule has 0 aromatic heterocycles. The lowest BCUT2D eigenvalue weighted by Crippen LogP contribution is -2.52. The molecule has 1 saturated carbocycles. The molecule has 3 unspecified atom stereocenters. The average Bonchev–Trinajstić information content (AvgIpc) is 2.94. The number of urea groups is 1. The number of hydrogen-bond acceptors (Lipinski definition) is 1. The van der Waals surface area contributed by atoms with Gasteiger partial charge in [-0.2, -0.15) is 0 Å². The van der Waals surface area contributed by atoms with Crippen LogP contribution < -0.4 is 5.32 Å². The summed E-state index contributed by atoms with van der Waals surface area (Å²) in [7, 11) is 0. The van der Waals surface area contributed by atoms with Crippen LogP contribution in [0.15, 0.2) is 0 Å². The van der Waals surface area contributed by atoms with Gasteiger partial charge in [-0.25, -0.2) is 4.79 Å². The second kappa shape index (κ2) is 4.03. The molecule has 0 aromatic rings. The number of carbonyl (C=O) groups is 1. The molecule has 1 saturated heterocycles. The van der Waals surface area contributed by atoms with Crippen molar-refractivity contribution in [1.82, 2.24) is 10.2 Å². The zero-order chi connectivity index (χ0) is 11.0. The summed E-state index contributed by atoms with van der Waals surface area (Å²) in [6.45, 7) is 7.57. The van der Waals surface area contributed by atoms with E-state index in [1.807, 2.05) is 4.90 Å². The van der Waals surface area contributed by atoms with E-state index in [2.05, 4.69) is 26.1 Å². The summed E-state index contributed by atoms with van der Waals surface area (Å²) < 4.78 is 0. The van der Waals surface area contributed by atoms with Gasteiger partial charge in [0.25, 0.3) is 0 Å². The van der Waals surface area contributed by atoms with Gasteiger partial charge in [-0.15, -0.1) is 0 Å². The molecule has 3 heteroatoms. The SMILES string of the molecule is CC1CC(C)C(C)N(C(=O)NC2CC2)C1. The number of nitrogens with zero attached hydrogens (tertiary/aromatic N) is 1. The highest BCUT2D eigenvalue weighted by Crippen LogP contribution is 2.27. The summed E-state index contributed by atoms with van der Waals surface area (Å²) in [5, 5.41) is 3.08. The molecule has 86 valence electrons. The predicted octanol–water partition coefficient (Wildman–Crippen LogP) is 2.22. The standard InChI is InChI=1S/C12H22N2O/c1-8-6-9(2)10(3)14(7-8)12(15)13-11-4-5-11/h8-11H,4-7H2,1-3H3,(H,13,15). The van der Waals surface area contributed by atoms with Crippen molar-refractivity contribution < 1.29 is 4.79 Å². The maximum absolute atomic E-state index is 12.0. The largest absolute Gasteiger partial charge is 0.335 e. The van der Waals surface area contributed by atoms with Crippen LogP contribution in [0.25, 0.3) is 0 Å². The lowest BCUT2D eigenvalue weighted by molar-refractivity contribution is 0.101. The Hall–Kier alpha value is -0.730. The molecule has 0 bridgehead atoms. The van der Waals surface area contributed by atoms with Crippen molar-refractivity contribution in [2.24, 2.45) is 11.8 Å². The minimum Gasteiger partial charge on any atom is -0.335 e. The molecule has 15 heavy (non-hydrogen) atoms. The van der Waals surface area contributed by atoms with E-state index in [-0.39, 0.29) is 6.03 Å². The van der Waals surface area contributed by atoms with Crippen molar-refractivity contribution >= 4 is 6.03 Å². The molecule has 0 spiro atoms. The van der Waals surface area contributed by atoms with Crippen molar-refractivity contribution in [3.63, 3.8) is 0 Å². The summed E-state index contributed by atoms with van der Waals surface area (Å²) in [5.74, 6) is 1.26. The fourth-order valence-corrected chi connectivity index (χ4v) is 2.47. The Labute approximate surface area is 92.2 Å². The van der Waals surface area contributed by atoms with Crippen molar-refractivity contribution in [2.75, 3.05) is 6.54 Å². The average molecular weight is 210 g/mol. The molecule has 3 nitrogen and oxygen atoms in total. The zero-order valence-corrected chi connectivity index (χ0v) is 9.99. The first kappa shape index (κ1) is 10.8. The third-order valence-electron chi connectivity index (χ3n) is 3.76. The van der Waals surface area contributed by atoms with Crippen LogP contribution in [0.2, 0.25) is 0 Å². The Bertz CT molecular complexity index is 250. The molecule has 1 N–H and O–H groups in total. The molecule has 0 aromatic carbocycles. The highest BCUT2D eigenvalue weighted by Gasteiger charge is 2.34. The van der Waals surface area contributed by atoms with Crippen LogP contribution in [0, 0.1) is 11.8 Å². The zero-order valence-electron chi connectivity index (χ0n) is 9.99. The van der Waals surface area contributed by atoms with E-state index in [9.17, 15) is 4.79 Å². The van der Waals surface area contributed by atoms with E-state index in [1.165, 1.54) is 19.3 Å². The predicted molar refractivity (Wildman–Crippen MR) is 60.7 cm³/mol. The molecule has 1 aliphatic carbocycles. The molecule has 2 aliphatic rings. The summed E-state index contributed by atoms with van der Waals surface area (Å²) in [5.41, 5.74) is 0. The monoisotopic (exact) mass is 210 g/mol. The number of nitrogens with one attached hydrogen (secondary N) is 1. The first-order valence-electron chi connectivity index (χ1n) is 6.15. The number of hydrogen-bond donors (Lipinski definition) is 1. The van der Waals surface area contributed by atoms with E-state index in [4.69, 9.17) is 0 Å². The Kier molecular flexibility index (Phi) is 2.89. The van der Waals surface area contributed by atoms with Crippen molar-refractivity contribution in [2.45, 2.75) is 52.1 Å². The Morgan fingerprint density at radius 1 is 1.27 bits per heavy atom. The van der Waals surface area contributed by atoms with Crippen molar-refractivity contribution in [3.05, 3.63) is 0 Å². The van der Waals surface area contributed by atoms with Crippen LogP contribution in [0.1, 0.15) is 40.0 Å². The third-order valence-corrected chi connectivity index (χ3v) is 3.76. The normalized spacial score (nSPS) is 36.5. The van der Waals surface area contributed by atoms with Crippen LogP contribution in [0.4, 0.5) is 4.79 Å². The van der Waals surface area contributed by atoms with Gasteiger partial charge in [-0.05, 0) is 38.0 Å². The molecular weight excluding hydrogens is 188 g/mol. The van der Waals surface area contributed by atoms with Gasteiger partial charge in [0.1, 0.15) is 0 Å². The number of piperidine rings is 1. The van der Waals surface area contributed by atoms with Crippen LogP contribution in [0.3, 0.4) is 0 Å². The summed E-state index contributed by atoms with van der Waals surface area (Å²) in [6, 6.07) is 1.01. The Morgan fingerprint density at radius 3 is 2.53 bits per heavy atom. The van der Waals surface area contributed by atoms with E-state index in [0.717, 1.165) is 6.54 Å². The van der Waals surface area contributed by atoms with E-state index in [0.29, 0.717) is 23.9 Å². The molecular formula is C12H22N2O. The van der Waals surface area contributed by atoms with Gasteiger partial charge >= 0.3 is 6.03 Å². The fourth-order valence-electron chi connectivity index (χ4n) is 2.47. The number of amides is 2. The van der Waals surface area contributed by atoms with Crippen LogP contribution in [0.5, 0.6) is 0 Å². The van der Waals surface area contributed by atoms with Crippen LogP contribution in [-0.2, 0) is 0 Å². The molecule has 3 atom stereocenters. The van der Waals surface area contributed by atoms with Gasteiger partial charge in [-0.1, -0.05) is 13.8 Å². The summed E-state index contributed by atoms with van der Waals surface area (Å²) in [4.78, 5) is 14.0. The fraction of sp³-hybridized carbons (Fsp3) is 0.917. The number of rotatable bonds is 1.